The molecule has 0 spiro atoms. The maximum absolute atomic E-state index is 12.7. The first kappa shape index (κ1) is 19.9. The molecule has 30 heavy (non-hydrogen) atoms. The summed E-state index contributed by atoms with van der Waals surface area (Å²) in [6.07, 6.45) is 0. The van der Waals surface area contributed by atoms with Crippen LogP contribution in [-0.4, -0.2) is 17.5 Å². The predicted octanol–water partition coefficient (Wildman–Crippen LogP) is 6.44. The molecule has 0 aliphatic rings. The molecular weight excluding hydrogens is 392 g/mol. The first-order chi connectivity index (χ1) is 14.6. The van der Waals surface area contributed by atoms with Crippen molar-refractivity contribution in [2.24, 2.45) is 0 Å². The minimum absolute atomic E-state index is 0.193. The number of amides is 1. The zero-order valence-electron chi connectivity index (χ0n) is 16.9. The molecule has 4 rings (SSSR count). The molecular formula is C25H22N2O2S. The number of ether oxygens (including phenoxy) is 1. The Bertz CT molecular complexity index is 1130. The molecule has 5 heteroatoms. The Labute approximate surface area is 180 Å². The normalized spacial score (nSPS) is 10.6. The summed E-state index contributed by atoms with van der Waals surface area (Å²) in [5.41, 5.74) is 4.73. The number of hydrogen-bond acceptors (Lipinski definition) is 4. The molecule has 0 aliphatic heterocycles. The zero-order chi connectivity index (χ0) is 20.9. The average molecular weight is 415 g/mol. The van der Waals surface area contributed by atoms with E-state index in [0.29, 0.717) is 17.3 Å². The largest absolute Gasteiger partial charge is 0.494 e. The number of hydrogen-bond donors (Lipinski definition) is 1. The van der Waals surface area contributed by atoms with Gasteiger partial charge in [-0.2, -0.15) is 0 Å². The van der Waals surface area contributed by atoms with E-state index >= 15 is 0 Å². The number of aromatic nitrogens is 1. The van der Waals surface area contributed by atoms with E-state index in [0.717, 1.165) is 27.4 Å². The third kappa shape index (κ3) is 4.42. The summed E-state index contributed by atoms with van der Waals surface area (Å²) in [6.45, 7) is 4.58. The molecule has 4 nitrogen and oxygen atoms in total. The number of aryl methyl sites for hydroxylation is 1. The maximum Gasteiger partial charge on any atom is 0.257 e. The van der Waals surface area contributed by atoms with Gasteiger partial charge in [0.25, 0.3) is 5.91 Å². The van der Waals surface area contributed by atoms with Crippen molar-refractivity contribution in [2.45, 2.75) is 13.8 Å². The number of thiazole rings is 1. The summed E-state index contributed by atoms with van der Waals surface area (Å²) in [5.74, 6) is 0.554. The Kier molecular flexibility index (Phi) is 5.91. The highest BCUT2D eigenvalue weighted by atomic mass is 32.1. The Balaban J connectivity index is 1.65. The van der Waals surface area contributed by atoms with Crippen molar-refractivity contribution in [3.8, 4) is 27.4 Å². The number of carbonyl (C=O) groups is 1. The van der Waals surface area contributed by atoms with Crippen LogP contribution in [0.5, 0.6) is 5.75 Å². The van der Waals surface area contributed by atoms with Crippen LogP contribution in [0.15, 0.2) is 78.9 Å². The van der Waals surface area contributed by atoms with E-state index in [2.05, 4.69) is 48.6 Å². The van der Waals surface area contributed by atoms with Crippen LogP contribution in [0.4, 0.5) is 5.13 Å². The minimum Gasteiger partial charge on any atom is -0.494 e. The van der Waals surface area contributed by atoms with Gasteiger partial charge >= 0.3 is 0 Å². The highest BCUT2D eigenvalue weighted by Crippen LogP contribution is 2.39. The summed E-state index contributed by atoms with van der Waals surface area (Å²) in [6, 6.07) is 25.5. The molecule has 0 atom stereocenters. The van der Waals surface area contributed by atoms with Gasteiger partial charge in [-0.15, -0.1) is 0 Å². The molecule has 1 amide bonds. The van der Waals surface area contributed by atoms with Gasteiger partial charge in [-0.1, -0.05) is 71.5 Å². The number of nitrogens with zero attached hydrogens (tertiary/aromatic N) is 1. The lowest BCUT2D eigenvalue weighted by Gasteiger charge is -2.04. The van der Waals surface area contributed by atoms with Crippen LogP contribution >= 0.6 is 11.3 Å². The number of carbonyl (C=O) groups excluding carboxylic acids is 1. The highest BCUT2D eigenvalue weighted by molar-refractivity contribution is 7.19. The van der Waals surface area contributed by atoms with Crippen LogP contribution in [0.2, 0.25) is 0 Å². The van der Waals surface area contributed by atoms with Crippen LogP contribution in [0.25, 0.3) is 21.7 Å². The molecule has 0 aliphatic carbocycles. The molecule has 1 heterocycles. The fourth-order valence-electron chi connectivity index (χ4n) is 3.10. The van der Waals surface area contributed by atoms with Crippen molar-refractivity contribution < 1.29 is 9.53 Å². The molecule has 0 saturated carbocycles. The van der Waals surface area contributed by atoms with E-state index in [1.54, 1.807) is 24.3 Å². The van der Waals surface area contributed by atoms with Crippen molar-refractivity contribution in [3.05, 3.63) is 90.0 Å². The lowest BCUT2D eigenvalue weighted by Crippen LogP contribution is -2.11. The lowest BCUT2D eigenvalue weighted by molar-refractivity contribution is 0.102. The van der Waals surface area contributed by atoms with Gasteiger partial charge in [0.2, 0.25) is 0 Å². The van der Waals surface area contributed by atoms with Gasteiger partial charge in [0.05, 0.1) is 17.2 Å². The van der Waals surface area contributed by atoms with Crippen molar-refractivity contribution in [2.75, 3.05) is 11.9 Å². The molecule has 0 radical (unpaired) electrons. The fraction of sp³-hybridized carbons (Fsp3) is 0.120. The first-order valence-electron chi connectivity index (χ1n) is 9.81. The smallest absolute Gasteiger partial charge is 0.257 e. The van der Waals surface area contributed by atoms with Gasteiger partial charge in [0, 0.05) is 11.1 Å². The van der Waals surface area contributed by atoms with E-state index in [1.807, 2.05) is 25.1 Å². The monoisotopic (exact) mass is 414 g/mol. The van der Waals surface area contributed by atoms with Gasteiger partial charge in [-0.05, 0) is 43.7 Å². The van der Waals surface area contributed by atoms with E-state index < -0.39 is 0 Å². The minimum atomic E-state index is -0.193. The molecule has 0 bridgehead atoms. The summed E-state index contributed by atoms with van der Waals surface area (Å²) in [7, 11) is 0. The second kappa shape index (κ2) is 8.93. The molecule has 1 N–H and O–H groups in total. The third-order valence-corrected chi connectivity index (χ3v) is 5.66. The fourth-order valence-corrected chi connectivity index (χ4v) is 4.09. The third-order valence-electron chi connectivity index (χ3n) is 4.64. The van der Waals surface area contributed by atoms with Gasteiger partial charge in [0.15, 0.2) is 5.13 Å². The quantitative estimate of drug-likeness (QED) is 0.395. The van der Waals surface area contributed by atoms with Crippen molar-refractivity contribution in [1.82, 2.24) is 4.98 Å². The van der Waals surface area contributed by atoms with Crippen LogP contribution < -0.4 is 10.1 Å². The van der Waals surface area contributed by atoms with Crippen LogP contribution in [0, 0.1) is 6.92 Å². The van der Waals surface area contributed by atoms with Crippen molar-refractivity contribution in [1.29, 1.82) is 0 Å². The van der Waals surface area contributed by atoms with Crippen molar-refractivity contribution in [3.63, 3.8) is 0 Å². The molecule has 0 saturated heterocycles. The van der Waals surface area contributed by atoms with Crippen LogP contribution in [0.1, 0.15) is 22.8 Å². The van der Waals surface area contributed by atoms with Gasteiger partial charge in [0.1, 0.15) is 5.75 Å². The number of rotatable bonds is 6. The summed E-state index contributed by atoms with van der Waals surface area (Å²) >= 11 is 1.48. The molecule has 150 valence electrons. The van der Waals surface area contributed by atoms with E-state index in [-0.39, 0.29) is 5.91 Å². The average Bonchev–Trinajstić information content (AvgIpc) is 3.19. The Morgan fingerprint density at radius 2 is 1.63 bits per heavy atom. The zero-order valence-corrected chi connectivity index (χ0v) is 17.7. The Hall–Kier alpha value is -3.44. The number of anilines is 1. The first-order valence-corrected chi connectivity index (χ1v) is 10.6. The summed E-state index contributed by atoms with van der Waals surface area (Å²) in [4.78, 5) is 18.5. The second-order valence-electron chi connectivity index (χ2n) is 6.84. The maximum atomic E-state index is 12.7. The SMILES string of the molecule is CCOc1ccc(C(=O)Nc2nc(-c3ccc(C)cc3)c(-c3ccccc3)s2)cc1. The Morgan fingerprint density at radius 1 is 0.933 bits per heavy atom. The Morgan fingerprint density at radius 3 is 2.30 bits per heavy atom. The molecule has 0 fully saturated rings. The molecule has 0 unspecified atom stereocenters. The highest BCUT2D eigenvalue weighted by Gasteiger charge is 2.17. The topological polar surface area (TPSA) is 51.2 Å². The van der Waals surface area contributed by atoms with E-state index in [4.69, 9.17) is 9.72 Å². The van der Waals surface area contributed by atoms with Gasteiger partial charge in [-0.3, -0.25) is 10.1 Å². The number of nitrogens with one attached hydrogen (secondary N) is 1. The molecule has 1 aromatic heterocycles. The van der Waals surface area contributed by atoms with Gasteiger partial charge in [-0.25, -0.2) is 4.98 Å². The second-order valence-corrected chi connectivity index (χ2v) is 7.84. The van der Waals surface area contributed by atoms with E-state index in [9.17, 15) is 4.79 Å². The predicted molar refractivity (Wildman–Crippen MR) is 123 cm³/mol. The van der Waals surface area contributed by atoms with E-state index in [1.165, 1.54) is 16.9 Å². The molecule has 3 aromatic carbocycles. The van der Waals surface area contributed by atoms with Crippen LogP contribution in [0.3, 0.4) is 0 Å². The molecule has 4 aromatic rings. The number of benzene rings is 3. The van der Waals surface area contributed by atoms with Gasteiger partial charge < -0.3 is 4.74 Å². The van der Waals surface area contributed by atoms with Crippen molar-refractivity contribution >= 4 is 22.4 Å². The van der Waals surface area contributed by atoms with Crippen LogP contribution in [-0.2, 0) is 0 Å². The summed E-state index contributed by atoms with van der Waals surface area (Å²) in [5, 5.41) is 3.52. The summed E-state index contributed by atoms with van der Waals surface area (Å²) < 4.78 is 5.44. The lowest BCUT2D eigenvalue weighted by atomic mass is 10.1. The standard InChI is InChI=1S/C25H22N2O2S/c1-3-29-21-15-13-20(14-16-21)24(28)27-25-26-22(18-11-9-17(2)10-12-18)23(30-25)19-7-5-4-6-8-19/h4-16H,3H2,1-2H3,(H,26,27,28).